The topological polar surface area (TPSA) is 61.8 Å². The van der Waals surface area contributed by atoms with Crippen molar-refractivity contribution < 1.29 is 14.6 Å². The lowest BCUT2D eigenvalue weighted by Crippen LogP contribution is -2.46. The van der Waals surface area contributed by atoms with Gasteiger partial charge in [-0.2, -0.15) is 0 Å². The molecule has 0 bridgehead atoms. The first kappa shape index (κ1) is 17.9. The minimum atomic E-state index is -0.654. The highest BCUT2D eigenvalue weighted by molar-refractivity contribution is 5.78. The molecule has 3 atom stereocenters. The number of carbonyl (C=O) groups excluding carboxylic acids is 1. The molecule has 1 aromatic carbocycles. The number of amides is 1. The molecule has 5 nitrogen and oxygen atoms in total. The van der Waals surface area contributed by atoms with E-state index < -0.39 is 6.10 Å². The quantitative estimate of drug-likeness (QED) is 0.756. The highest BCUT2D eigenvalue weighted by Gasteiger charge is 2.37. The van der Waals surface area contributed by atoms with Crippen molar-refractivity contribution in [1.82, 2.24) is 10.2 Å². The van der Waals surface area contributed by atoms with Gasteiger partial charge in [0.05, 0.1) is 25.2 Å². The highest BCUT2D eigenvalue weighted by Crippen LogP contribution is 2.16. The zero-order chi connectivity index (χ0) is 16.7. The second kappa shape index (κ2) is 9.01. The van der Waals surface area contributed by atoms with Gasteiger partial charge in [-0.15, -0.1) is 0 Å². The summed E-state index contributed by atoms with van der Waals surface area (Å²) < 4.78 is 5.67. The van der Waals surface area contributed by atoms with Gasteiger partial charge in [-0.25, -0.2) is 0 Å². The molecule has 1 amide bonds. The van der Waals surface area contributed by atoms with Gasteiger partial charge in [0.25, 0.3) is 0 Å². The van der Waals surface area contributed by atoms with E-state index in [4.69, 9.17) is 4.74 Å². The Hall–Kier alpha value is -1.43. The van der Waals surface area contributed by atoms with Gasteiger partial charge in [-0.1, -0.05) is 43.7 Å². The van der Waals surface area contributed by atoms with E-state index in [1.807, 2.05) is 37.4 Å². The Morgan fingerprint density at radius 3 is 2.83 bits per heavy atom. The molecule has 1 aromatic rings. The molecule has 2 N–H and O–H groups in total. The number of unbranched alkanes of at least 4 members (excludes halogenated alkanes) is 1. The van der Waals surface area contributed by atoms with E-state index in [2.05, 4.69) is 17.1 Å². The Balaban J connectivity index is 1.77. The summed E-state index contributed by atoms with van der Waals surface area (Å²) in [5.41, 5.74) is 0.967. The van der Waals surface area contributed by atoms with Crippen molar-refractivity contribution in [3.05, 3.63) is 35.9 Å². The first-order valence-corrected chi connectivity index (χ1v) is 8.41. The molecular formula is C18H28N2O3. The number of carbonyl (C=O) groups is 1. The second-order valence-electron chi connectivity index (χ2n) is 6.31. The number of aliphatic hydroxyl groups excluding tert-OH is 1. The van der Waals surface area contributed by atoms with Gasteiger partial charge < -0.3 is 20.1 Å². The minimum absolute atomic E-state index is 0.0798. The molecule has 1 saturated heterocycles. The number of nitrogens with zero attached hydrogens (tertiary/aromatic N) is 1. The fraction of sp³-hybridized carbons (Fsp3) is 0.611. The van der Waals surface area contributed by atoms with Crippen LogP contribution in [0.5, 0.6) is 0 Å². The van der Waals surface area contributed by atoms with Crippen LogP contribution in [-0.2, 0) is 16.0 Å². The SMILES string of the molecule is CCCCN(C)C[C@@H]1OC[C@H](NC(=O)Cc2ccccc2)[C@H]1O. The number of hydrogen-bond donors (Lipinski definition) is 2. The van der Waals surface area contributed by atoms with E-state index in [-0.39, 0.29) is 18.1 Å². The van der Waals surface area contributed by atoms with Crippen LogP contribution in [0.3, 0.4) is 0 Å². The van der Waals surface area contributed by atoms with Crippen LogP contribution in [0.2, 0.25) is 0 Å². The normalized spacial score (nSPS) is 24.1. The molecule has 0 aromatic heterocycles. The van der Waals surface area contributed by atoms with E-state index in [1.165, 1.54) is 0 Å². The van der Waals surface area contributed by atoms with Crippen LogP contribution >= 0.6 is 0 Å². The van der Waals surface area contributed by atoms with Gasteiger partial charge in [0.15, 0.2) is 0 Å². The fourth-order valence-corrected chi connectivity index (χ4v) is 2.84. The summed E-state index contributed by atoms with van der Waals surface area (Å²) in [5, 5.41) is 13.3. The van der Waals surface area contributed by atoms with Gasteiger partial charge in [-0.05, 0) is 25.6 Å². The van der Waals surface area contributed by atoms with Crippen LogP contribution in [-0.4, -0.2) is 60.9 Å². The van der Waals surface area contributed by atoms with Gasteiger partial charge in [-0.3, -0.25) is 4.79 Å². The number of likely N-dealkylation sites (N-methyl/N-ethyl adjacent to an activating group) is 1. The average Bonchev–Trinajstić information content (AvgIpc) is 2.87. The smallest absolute Gasteiger partial charge is 0.224 e. The molecule has 1 fully saturated rings. The van der Waals surface area contributed by atoms with E-state index in [9.17, 15) is 9.90 Å². The number of aliphatic hydroxyl groups is 1. The first-order chi connectivity index (χ1) is 11.1. The summed E-state index contributed by atoms with van der Waals surface area (Å²) >= 11 is 0. The monoisotopic (exact) mass is 320 g/mol. The van der Waals surface area contributed by atoms with Crippen molar-refractivity contribution in [3.63, 3.8) is 0 Å². The Labute approximate surface area is 138 Å². The number of benzene rings is 1. The largest absolute Gasteiger partial charge is 0.388 e. The van der Waals surface area contributed by atoms with E-state index >= 15 is 0 Å². The molecule has 5 heteroatoms. The summed E-state index contributed by atoms with van der Waals surface area (Å²) in [7, 11) is 2.03. The highest BCUT2D eigenvalue weighted by atomic mass is 16.5. The lowest BCUT2D eigenvalue weighted by atomic mass is 10.1. The molecule has 0 saturated carbocycles. The maximum Gasteiger partial charge on any atom is 0.224 e. The van der Waals surface area contributed by atoms with Gasteiger partial charge in [0, 0.05) is 6.54 Å². The number of ether oxygens (including phenoxy) is 1. The Bertz CT molecular complexity index is 480. The summed E-state index contributed by atoms with van der Waals surface area (Å²) in [4.78, 5) is 14.3. The van der Waals surface area contributed by atoms with Gasteiger partial charge in [0.1, 0.15) is 6.10 Å². The summed E-state index contributed by atoms with van der Waals surface area (Å²) in [6, 6.07) is 9.28. The van der Waals surface area contributed by atoms with Crippen molar-refractivity contribution in [2.45, 2.75) is 44.4 Å². The molecular weight excluding hydrogens is 292 g/mol. The van der Waals surface area contributed by atoms with Crippen molar-refractivity contribution in [3.8, 4) is 0 Å². The van der Waals surface area contributed by atoms with Gasteiger partial charge in [0.2, 0.25) is 5.91 Å². The molecule has 1 heterocycles. The molecule has 0 spiro atoms. The zero-order valence-corrected chi connectivity index (χ0v) is 14.1. The lowest BCUT2D eigenvalue weighted by Gasteiger charge is -2.23. The fourth-order valence-electron chi connectivity index (χ4n) is 2.84. The van der Waals surface area contributed by atoms with Crippen molar-refractivity contribution >= 4 is 5.91 Å². The Morgan fingerprint density at radius 2 is 2.13 bits per heavy atom. The molecule has 1 aliphatic rings. The zero-order valence-electron chi connectivity index (χ0n) is 14.1. The Kier molecular flexibility index (Phi) is 7.02. The molecule has 0 radical (unpaired) electrons. The molecule has 23 heavy (non-hydrogen) atoms. The molecule has 0 aliphatic carbocycles. The van der Waals surface area contributed by atoms with Crippen LogP contribution in [0, 0.1) is 0 Å². The number of hydrogen-bond acceptors (Lipinski definition) is 4. The van der Waals surface area contributed by atoms with Crippen LogP contribution in [0.15, 0.2) is 30.3 Å². The number of rotatable bonds is 8. The van der Waals surface area contributed by atoms with Crippen molar-refractivity contribution in [2.24, 2.45) is 0 Å². The number of nitrogens with one attached hydrogen (secondary N) is 1. The third-order valence-electron chi connectivity index (χ3n) is 4.22. The van der Waals surface area contributed by atoms with Crippen LogP contribution < -0.4 is 5.32 Å². The average molecular weight is 320 g/mol. The van der Waals surface area contributed by atoms with Crippen LogP contribution in [0.1, 0.15) is 25.3 Å². The third kappa shape index (κ3) is 5.61. The molecule has 2 rings (SSSR count). The maximum atomic E-state index is 12.1. The first-order valence-electron chi connectivity index (χ1n) is 8.41. The third-order valence-corrected chi connectivity index (χ3v) is 4.22. The van der Waals surface area contributed by atoms with Crippen molar-refractivity contribution in [2.75, 3.05) is 26.7 Å². The Morgan fingerprint density at radius 1 is 1.39 bits per heavy atom. The van der Waals surface area contributed by atoms with Crippen LogP contribution in [0.4, 0.5) is 0 Å². The predicted molar refractivity (Wildman–Crippen MR) is 90.2 cm³/mol. The van der Waals surface area contributed by atoms with E-state index in [0.717, 1.165) is 24.9 Å². The molecule has 0 unspecified atom stereocenters. The maximum absolute atomic E-state index is 12.1. The van der Waals surface area contributed by atoms with Crippen LogP contribution in [0.25, 0.3) is 0 Å². The van der Waals surface area contributed by atoms with E-state index in [1.54, 1.807) is 0 Å². The second-order valence-corrected chi connectivity index (χ2v) is 6.31. The summed E-state index contributed by atoms with van der Waals surface area (Å²) in [6.07, 6.45) is 1.72. The van der Waals surface area contributed by atoms with Gasteiger partial charge >= 0.3 is 0 Å². The summed E-state index contributed by atoms with van der Waals surface area (Å²) in [6.45, 7) is 4.21. The molecule has 1 aliphatic heterocycles. The molecule has 128 valence electrons. The lowest BCUT2D eigenvalue weighted by molar-refractivity contribution is -0.121. The van der Waals surface area contributed by atoms with Crippen molar-refractivity contribution in [1.29, 1.82) is 0 Å². The van der Waals surface area contributed by atoms with E-state index in [0.29, 0.717) is 19.6 Å². The predicted octanol–water partition coefficient (Wildman–Crippen LogP) is 1.21. The summed E-state index contributed by atoms with van der Waals surface area (Å²) in [5.74, 6) is -0.0798. The standard InChI is InChI=1S/C18H28N2O3/c1-3-4-10-20(2)12-16-18(22)15(13-23-16)19-17(21)11-14-8-6-5-7-9-14/h5-9,15-16,18,22H,3-4,10-13H2,1-2H3,(H,19,21)/t15-,16-,18+/m0/s1. The minimum Gasteiger partial charge on any atom is -0.388 e.